The van der Waals surface area contributed by atoms with Gasteiger partial charge in [0.1, 0.15) is 17.1 Å². The predicted molar refractivity (Wildman–Crippen MR) is 88.9 cm³/mol. The summed E-state index contributed by atoms with van der Waals surface area (Å²) in [6.45, 7) is 4.14. The van der Waals surface area contributed by atoms with Crippen LogP contribution in [-0.4, -0.2) is 13.2 Å². The van der Waals surface area contributed by atoms with E-state index < -0.39 is 0 Å². The fraction of sp³-hybridized carbons (Fsp3) is 0.211. The van der Waals surface area contributed by atoms with Crippen molar-refractivity contribution in [3.05, 3.63) is 60.0 Å². The zero-order chi connectivity index (χ0) is 15.5. The van der Waals surface area contributed by atoms with Crippen LogP contribution in [0.3, 0.4) is 0 Å². The van der Waals surface area contributed by atoms with Crippen LogP contribution in [-0.2, 0) is 0 Å². The number of benzene rings is 2. The molecule has 0 aliphatic rings. The summed E-state index contributed by atoms with van der Waals surface area (Å²) >= 11 is 0. The number of hydrogen-bond acceptors (Lipinski definition) is 3. The molecule has 3 rings (SSSR count). The second-order valence-electron chi connectivity index (χ2n) is 5.45. The van der Waals surface area contributed by atoms with Crippen LogP contribution < -0.4 is 10.1 Å². The minimum absolute atomic E-state index is 0.209. The molecule has 0 spiro atoms. The molecule has 112 valence electrons. The van der Waals surface area contributed by atoms with Crippen molar-refractivity contribution in [3.8, 4) is 17.1 Å². The Morgan fingerprint density at radius 3 is 2.45 bits per heavy atom. The van der Waals surface area contributed by atoms with E-state index in [4.69, 9.17) is 14.1 Å². The normalized spacial score (nSPS) is 12.1. The lowest BCUT2D eigenvalue weighted by Crippen LogP contribution is -2.08. The molecule has 22 heavy (non-hydrogen) atoms. The monoisotopic (exact) mass is 293 g/mol. The van der Waals surface area contributed by atoms with Gasteiger partial charge in [-0.05, 0) is 32.0 Å². The van der Waals surface area contributed by atoms with Gasteiger partial charge in [0.2, 0.25) is 0 Å². The molecule has 2 aromatic carbocycles. The van der Waals surface area contributed by atoms with Gasteiger partial charge in [-0.15, -0.1) is 0 Å². The van der Waals surface area contributed by atoms with Crippen LogP contribution in [0.1, 0.15) is 13.8 Å². The van der Waals surface area contributed by atoms with Gasteiger partial charge >= 0.3 is 0 Å². The third kappa shape index (κ3) is 2.89. The molecule has 3 nitrogen and oxygen atoms in total. The van der Waals surface area contributed by atoms with E-state index in [-0.39, 0.29) is 6.04 Å². The van der Waals surface area contributed by atoms with Crippen molar-refractivity contribution < 1.29 is 9.15 Å². The maximum Gasteiger partial charge on any atom is 0.137 e. The highest BCUT2D eigenvalue weighted by atomic mass is 16.5. The van der Waals surface area contributed by atoms with Gasteiger partial charge in [0, 0.05) is 23.1 Å². The third-order valence-electron chi connectivity index (χ3n) is 3.41. The molecule has 0 atom stereocenters. The van der Waals surface area contributed by atoms with Gasteiger partial charge in [-0.1, -0.05) is 30.3 Å². The molecule has 0 amide bonds. The molecule has 0 saturated carbocycles. The lowest BCUT2D eigenvalue weighted by atomic mass is 10.1. The van der Waals surface area contributed by atoms with Crippen molar-refractivity contribution in [2.75, 3.05) is 7.11 Å². The Kier molecular flexibility index (Phi) is 3.96. The minimum atomic E-state index is 0.209. The first-order valence-electron chi connectivity index (χ1n) is 7.38. The second kappa shape index (κ2) is 6.06. The summed E-state index contributed by atoms with van der Waals surface area (Å²) in [6.07, 6.45) is 0. The Bertz CT molecular complexity index is 848. The van der Waals surface area contributed by atoms with Crippen molar-refractivity contribution in [2.45, 2.75) is 19.9 Å². The zero-order valence-electron chi connectivity index (χ0n) is 13.0. The maximum absolute atomic E-state index is 6.05. The zero-order valence-corrected chi connectivity index (χ0v) is 13.0. The molecule has 0 radical (unpaired) electrons. The second-order valence-corrected chi connectivity index (χ2v) is 5.45. The molecule has 0 aliphatic heterocycles. The first-order chi connectivity index (χ1) is 10.7. The topological polar surface area (TPSA) is 34.7 Å². The van der Waals surface area contributed by atoms with E-state index in [0.29, 0.717) is 0 Å². The van der Waals surface area contributed by atoms with Gasteiger partial charge in [-0.3, -0.25) is 4.99 Å². The van der Waals surface area contributed by atoms with Crippen molar-refractivity contribution in [1.82, 2.24) is 0 Å². The smallest absolute Gasteiger partial charge is 0.137 e. The van der Waals surface area contributed by atoms with Gasteiger partial charge in [0.15, 0.2) is 0 Å². The van der Waals surface area contributed by atoms with Crippen LogP contribution >= 0.6 is 0 Å². The number of rotatable bonds is 3. The lowest BCUT2D eigenvalue weighted by Gasteiger charge is -2.07. The Labute approximate surface area is 129 Å². The molecule has 0 saturated heterocycles. The van der Waals surface area contributed by atoms with Gasteiger partial charge in [0.05, 0.1) is 12.5 Å². The van der Waals surface area contributed by atoms with E-state index in [1.807, 2.05) is 54.6 Å². The number of methoxy groups -OCH3 is 1. The van der Waals surface area contributed by atoms with E-state index >= 15 is 0 Å². The Hall–Kier alpha value is -2.55. The average Bonchev–Trinajstić information content (AvgIpc) is 2.54. The average molecular weight is 293 g/mol. The van der Waals surface area contributed by atoms with Crippen LogP contribution in [0, 0.1) is 0 Å². The Morgan fingerprint density at radius 1 is 1.00 bits per heavy atom. The number of fused-ring (bicyclic) bond motifs is 1. The summed E-state index contributed by atoms with van der Waals surface area (Å²) in [6, 6.07) is 18.1. The maximum atomic E-state index is 6.05. The van der Waals surface area contributed by atoms with Crippen LogP contribution in [0.4, 0.5) is 0 Å². The largest absolute Gasteiger partial charge is 0.497 e. The fourth-order valence-corrected chi connectivity index (χ4v) is 2.40. The van der Waals surface area contributed by atoms with E-state index in [1.165, 1.54) is 0 Å². The molecule has 1 heterocycles. The van der Waals surface area contributed by atoms with Gasteiger partial charge in [-0.25, -0.2) is 0 Å². The minimum Gasteiger partial charge on any atom is -0.497 e. The van der Waals surface area contributed by atoms with Crippen LogP contribution in [0.15, 0.2) is 64.0 Å². The summed E-state index contributed by atoms with van der Waals surface area (Å²) in [5.41, 5.74) is 1.85. The Morgan fingerprint density at radius 2 is 1.77 bits per heavy atom. The quantitative estimate of drug-likeness (QED) is 0.716. The van der Waals surface area contributed by atoms with E-state index in [0.717, 1.165) is 33.4 Å². The molecule has 1 aromatic heterocycles. The Balaban J connectivity index is 2.30. The fourth-order valence-electron chi connectivity index (χ4n) is 2.40. The number of hydrogen-bond donors (Lipinski definition) is 0. The highest BCUT2D eigenvalue weighted by Gasteiger charge is 2.07. The van der Waals surface area contributed by atoms with E-state index in [2.05, 4.69) is 13.8 Å². The first-order valence-corrected chi connectivity index (χ1v) is 7.38. The summed E-state index contributed by atoms with van der Waals surface area (Å²) in [5, 5.41) is 1.89. The van der Waals surface area contributed by atoms with Crippen LogP contribution in [0.5, 0.6) is 5.75 Å². The predicted octanol–water partition coefficient (Wildman–Crippen LogP) is 4.42. The molecule has 0 aliphatic carbocycles. The molecule has 0 N–H and O–H groups in total. The van der Waals surface area contributed by atoms with Gasteiger partial charge in [-0.2, -0.15) is 0 Å². The summed E-state index contributed by atoms with van der Waals surface area (Å²) in [5.74, 6) is 1.62. The van der Waals surface area contributed by atoms with Crippen molar-refractivity contribution in [1.29, 1.82) is 0 Å². The van der Waals surface area contributed by atoms with E-state index in [9.17, 15) is 0 Å². The van der Waals surface area contributed by atoms with Crippen molar-refractivity contribution >= 4 is 11.0 Å². The highest BCUT2D eigenvalue weighted by Crippen LogP contribution is 2.24. The van der Waals surface area contributed by atoms with Gasteiger partial charge in [0.25, 0.3) is 0 Å². The lowest BCUT2D eigenvalue weighted by molar-refractivity contribution is 0.415. The number of nitrogens with zero attached hydrogens (tertiary/aromatic N) is 1. The standard InChI is InChI=1S/C19H19NO2/c1-13(2)20-17-12-19(14-7-5-4-6-8-14)22-18-10-9-15(21-3)11-16(17)18/h4-13H,1-3H3. The molecule has 3 aromatic rings. The highest BCUT2D eigenvalue weighted by molar-refractivity contribution is 5.80. The molecule has 0 unspecified atom stereocenters. The SMILES string of the molecule is COc1ccc2oc(-c3ccccc3)cc(=NC(C)C)c2c1. The molecule has 0 fully saturated rings. The summed E-state index contributed by atoms with van der Waals surface area (Å²) < 4.78 is 11.4. The first kappa shape index (κ1) is 14.4. The molecular formula is C19H19NO2. The summed E-state index contributed by atoms with van der Waals surface area (Å²) in [7, 11) is 1.66. The summed E-state index contributed by atoms with van der Waals surface area (Å²) in [4.78, 5) is 4.73. The molecular weight excluding hydrogens is 274 g/mol. The molecule has 0 bridgehead atoms. The van der Waals surface area contributed by atoms with E-state index in [1.54, 1.807) is 7.11 Å². The van der Waals surface area contributed by atoms with Crippen LogP contribution in [0.25, 0.3) is 22.3 Å². The van der Waals surface area contributed by atoms with Crippen molar-refractivity contribution in [2.24, 2.45) is 4.99 Å². The van der Waals surface area contributed by atoms with Crippen LogP contribution in [0.2, 0.25) is 0 Å². The molecule has 3 heteroatoms. The van der Waals surface area contributed by atoms with Gasteiger partial charge < -0.3 is 9.15 Å². The third-order valence-corrected chi connectivity index (χ3v) is 3.41. The number of ether oxygens (including phenoxy) is 1. The van der Waals surface area contributed by atoms with Crippen molar-refractivity contribution in [3.63, 3.8) is 0 Å².